The molecule has 2 aromatic carbocycles. The second kappa shape index (κ2) is 11.5. The highest BCUT2D eigenvalue weighted by Gasteiger charge is 2.16. The standard InChI is InChI=1S/C18H25N3O3S.2ClH/c1-13(7-8-14-5-3-2-4-6-14)21-12-17(22)15-9-10-16(19)18(11-15)25(20,23)24;;/h2-6,9-11,13,17,21-22H,7-8,12,19H2,1H3,(H2,20,23,24);2*1H. The molecule has 0 saturated heterocycles. The van der Waals surface area contributed by atoms with Crippen LogP contribution in [-0.2, 0) is 16.4 Å². The summed E-state index contributed by atoms with van der Waals surface area (Å²) in [7, 11) is -3.92. The number of primary sulfonamides is 1. The second-order valence-electron chi connectivity index (χ2n) is 6.19. The van der Waals surface area contributed by atoms with Gasteiger partial charge in [-0.15, -0.1) is 24.8 Å². The Hall–Kier alpha value is -1.35. The molecule has 2 rings (SSSR count). The predicted molar refractivity (Wildman–Crippen MR) is 114 cm³/mol. The fourth-order valence-corrected chi connectivity index (χ4v) is 3.26. The maximum absolute atomic E-state index is 11.5. The van der Waals surface area contributed by atoms with Crippen LogP contribution < -0.4 is 16.2 Å². The minimum absolute atomic E-state index is 0. The molecule has 0 aliphatic heterocycles. The molecule has 0 radical (unpaired) electrons. The molecule has 0 heterocycles. The summed E-state index contributed by atoms with van der Waals surface area (Å²) in [5, 5.41) is 18.7. The Morgan fingerprint density at radius 2 is 1.74 bits per heavy atom. The van der Waals surface area contributed by atoms with Gasteiger partial charge >= 0.3 is 0 Å². The molecular weight excluding hydrogens is 409 g/mol. The number of nitrogens with two attached hydrogens (primary N) is 2. The van der Waals surface area contributed by atoms with Crippen molar-refractivity contribution in [1.29, 1.82) is 0 Å². The first kappa shape index (κ1) is 25.6. The van der Waals surface area contributed by atoms with Gasteiger partial charge in [0.05, 0.1) is 11.8 Å². The summed E-state index contributed by atoms with van der Waals surface area (Å²) in [5.41, 5.74) is 7.44. The number of aliphatic hydroxyl groups is 1. The lowest BCUT2D eigenvalue weighted by Gasteiger charge is -2.18. The van der Waals surface area contributed by atoms with Gasteiger partial charge in [0.25, 0.3) is 0 Å². The van der Waals surface area contributed by atoms with Gasteiger partial charge in [-0.1, -0.05) is 36.4 Å². The van der Waals surface area contributed by atoms with E-state index >= 15 is 0 Å². The van der Waals surface area contributed by atoms with Crippen molar-refractivity contribution in [2.24, 2.45) is 5.14 Å². The number of benzene rings is 2. The molecule has 0 bridgehead atoms. The maximum atomic E-state index is 11.5. The molecule has 0 aromatic heterocycles. The van der Waals surface area contributed by atoms with E-state index in [0.717, 1.165) is 12.8 Å². The Morgan fingerprint density at radius 3 is 2.33 bits per heavy atom. The zero-order valence-corrected chi connectivity index (χ0v) is 17.5. The summed E-state index contributed by atoms with van der Waals surface area (Å²) in [6.45, 7) is 2.36. The van der Waals surface area contributed by atoms with Crippen molar-refractivity contribution in [3.8, 4) is 0 Å². The average molecular weight is 436 g/mol. The minimum atomic E-state index is -3.92. The summed E-state index contributed by atoms with van der Waals surface area (Å²) in [4.78, 5) is -0.166. The van der Waals surface area contributed by atoms with E-state index in [9.17, 15) is 13.5 Å². The van der Waals surface area contributed by atoms with Gasteiger partial charge in [0, 0.05) is 12.6 Å². The van der Waals surface area contributed by atoms with Gasteiger partial charge in [0.1, 0.15) is 4.90 Å². The average Bonchev–Trinajstić information content (AvgIpc) is 2.58. The number of nitrogen functional groups attached to an aromatic ring is 1. The quantitative estimate of drug-likeness (QED) is 0.474. The number of rotatable bonds is 8. The number of nitrogens with one attached hydrogen (secondary N) is 1. The minimum Gasteiger partial charge on any atom is -0.398 e. The number of hydrogen-bond acceptors (Lipinski definition) is 5. The number of aryl methyl sites for hydroxylation is 1. The topological polar surface area (TPSA) is 118 Å². The number of hydrogen-bond donors (Lipinski definition) is 4. The number of sulfonamides is 1. The molecule has 27 heavy (non-hydrogen) atoms. The van der Waals surface area contributed by atoms with Crippen LogP contribution in [0.5, 0.6) is 0 Å². The number of halogens is 2. The smallest absolute Gasteiger partial charge is 0.240 e. The third-order valence-corrected chi connectivity index (χ3v) is 5.06. The summed E-state index contributed by atoms with van der Waals surface area (Å²) >= 11 is 0. The van der Waals surface area contributed by atoms with E-state index in [2.05, 4.69) is 24.4 Å². The Labute approximate surface area is 173 Å². The van der Waals surface area contributed by atoms with E-state index in [0.29, 0.717) is 12.1 Å². The molecule has 0 fully saturated rings. The second-order valence-corrected chi connectivity index (χ2v) is 7.72. The zero-order chi connectivity index (χ0) is 18.4. The fourth-order valence-electron chi connectivity index (χ4n) is 2.57. The Balaban J connectivity index is 0.00000338. The first-order valence-corrected chi connectivity index (χ1v) is 9.69. The maximum Gasteiger partial charge on any atom is 0.240 e. The highest BCUT2D eigenvalue weighted by molar-refractivity contribution is 7.89. The lowest BCUT2D eigenvalue weighted by Crippen LogP contribution is -2.31. The largest absolute Gasteiger partial charge is 0.398 e. The van der Waals surface area contributed by atoms with Crippen molar-refractivity contribution in [2.45, 2.75) is 36.8 Å². The molecule has 2 aromatic rings. The summed E-state index contributed by atoms with van der Waals surface area (Å²) in [6.07, 6.45) is 1.03. The number of aliphatic hydroxyl groups excluding tert-OH is 1. The molecule has 2 atom stereocenters. The van der Waals surface area contributed by atoms with Crippen LogP contribution in [0.1, 0.15) is 30.6 Å². The van der Waals surface area contributed by atoms with Crippen LogP contribution in [0.25, 0.3) is 0 Å². The lowest BCUT2D eigenvalue weighted by atomic mass is 10.1. The van der Waals surface area contributed by atoms with Crippen LogP contribution in [0, 0.1) is 0 Å². The van der Waals surface area contributed by atoms with Gasteiger partial charge in [-0.05, 0) is 43.0 Å². The van der Waals surface area contributed by atoms with Gasteiger partial charge in [0.15, 0.2) is 0 Å². The molecule has 9 heteroatoms. The Kier molecular flexibility index (Phi) is 10.9. The molecule has 6 nitrogen and oxygen atoms in total. The van der Waals surface area contributed by atoms with Gasteiger partial charge in [-0.2, -0.15) is 0 Å². The summed E-state index contributed by atoms with van der Waals surface area (Å²) in [5.74, 6) is 0. The molecule has 0 aliphatic carbocycles. The number of anilines is 1. The van der Waals surface area contributed by atoms with E-state index in [1.807, 2.05) is 18.2 Å². The molecule has 0 saturated carbocycles. The van der Waals surface area contributed by atoms with E-state index < -0.39 is 16.1 Å². The highest BCUT2D eigenvalue weighted by atomic mass is 35.5. The molecular formula is C18H27Cl2N3O3S. The molecule has 0 spiro atoms. The van der Waals surface area contributed by atoms with Crippen molar-refractivity contribution in [2.75, 3.05) is 12.3 Å². The molecule has 152 valence electrons. The van der Waals surface area contributed by atoms with Crippen LogP contribution in [0.4, 0.5) is 5.69 Å². The van der Waals surface area contributed by atoms with Crippen molar-refractivity contribution in [3.63, 3.8) is 0 Å². The molecule has 6 N–H and O–H groups in total. The molecule has 2 unspecified atom stereocenters. The predicted octanol–water partition coefficient (Wildman–Crippen LogP) is 2.40. The van der Waals surface area contributed by atoms with Crippen LogP contribution in [-0.4, -0.2) is 26.1 Å². The van der Waals surface area contributed by atoms with Gasteiger partial charge in [-0.3, -0.25) is 0 Å². The SMILES string of the molecule is CC(CCc1ccccc1)NCC(O)c1ccc(N)c(S(N)(=O)=O)c1.Cl.Cl. The monoisotopic (exact) mass is 435 g/mol. The Morgan fingerprint density at radius 1 is 1.11 bits per heavy atom. The third kappa shape index (κ3) is 8.04. The van der Waals surface area contributed by atoms with Crippen LogP contribution >= 0.6 is 24.8 Å². The van der Waals surface area contributed by atoms with Crippen molar-refractivity contribution >= 4 is 40.5 Å². The van der Waals surface area contributed by atoms with E-state index in [1.54, 1.807) is 6.07 Å². The van der Waals surface area contributed by atoms with Crippen molar-refractivity contribution in [1.82, 2.24) is 5.32 Å². The van der Waals surface area contributed by atoms with Crippen LogP contribution in [0.2, 0.25) is 0 Å². The summed E-state index contributed by atoms with van der Waals surface area (Å²) < 4.78 is 23.0. The van der Waals surface area contributed by atoms with E-state index in [4.69, 9.17) is 10.9 Å². The van der Waals surface area contributed by atoms with E-state index in [1.165, 1.54) is 17.7 Å². The van der Waals surface area contributed by atoms with Crippen LogP contribution in [0.3, 0.4) is 0 Å². The van der Waals surface area contributed by atoms with Gasteiger partial charge in [0.2, 0.25) is 10.0 Å². The van der Waals surface area contributed by atoms with Crippen molar-refractivity contribution < 1.29 is 13.5 Å². The highest BCUT2D eigenvalue weighted by Crippen LogP contribution is 2.22. The molecule has 0 amide bonds. The summed E-state index contributed by atoms with van der Waals surface area (Å²) in [6, 6.07) is 14.8. The molecule has 0 aliphatic rings. The normalized spacial score (nSPS) is 13.1. The van der Waals surface area contributed by atoms with Gasteiger partial charge < -0.3 is 16.2 Å². The lowest BCUT2D eigenvalue weighted by molar-refractivity contribution is 0.170. The van der Waals surface area contributed by atoms with Crippen molar-refractivity contribution in [3.05, 3.63) is 59.7 Å². The first-order valence-electron chi connectivity index (χ1n) is 8.15. The first-order chi connectivity index (χ1) is 11.8. The van der Waals surface area contributed by atoms with Crippen LogP contribution in [0.15, 0.2) is 53.4 Å². The third-order valence-electron chi connectivity index (χ3n) is 4.10. The zero-order valence-electron chi connectivity index (χ0n) is 15.0. The van der Waals surface area contributed by atoms with E-state index in [-0.39, 0.29) is 41.4 Å². The van der Waals surface area contributed by atoms with Gasteiger partial charge in [-0.25, -0.2) is 13.6 Å². The fraction of sp³-hybridized carbons (Fsp3) is 0.333. The Bertz CT molecular complexity index is 805.